The molecule has 0 atom stereocenters. The van der Waals surface area contributed by atoms with Crippen LogP contribution in [0.4, 0.5) is 18.9 Å². The number of rotatable bonds is 12. The summed E-state index contributed by atoms with van der Waals surface area (Å²) in [6.07, 6.45) is 0.656. The molecule has 3 heterocycles. The number of likely N-dealkylation sites (tertiary alicyclic amines) is 1. The molecule has 11 nitrogen and oxygen atoms in total. The van der Waals surface area contributed by atoms with Gasteiger partial charge in [-0.1, -0.05) is 24.3 Å². The van der Waals surface area contributed by atoms with Crippen molar-refractivity contribution in [2.75, 3.05) is 51.6 Å². The van der Waals surface area contributed by atoms with E-state index in [2.05, 4.69) is 0 Å². The lowest BCUT2D eigenvalue weighted by Gasteiger charge is -2.31. The monoisotopic (exact) mass is 680 g/mol. The van der Waals surface area contributed by atoms with Crippen molar-refractivity contribution in [2.45, 2.75) is 38.0 Å². The first-order valence-corrected chi connectivity index (χ1v) is 15.9. The van der Waals surface area contributed by atoms with E-state index in [0.717, 1.165) is 40.8 Å². The highest BCUT2D eigenvalue weighted by Gasteiger charge is 2.27. The Morgan fingerprint density at radius 3 is 2.45 bits per heavy atom. The maximum atomic E-state index is 15.2. The fourth-order valence-electron chi connectivity index (χ4n) is 6.42. The van der Waals surface area contributed by atoms with Crippen LogP contribution >= 0.6 is 0 Å². The van der Waals surface area contributed by atoms with E-state index >= 15 is 4.39 Å². The van der Waals surface area contributed by atoms with E-state index in [-0.39, 0.29) is 41.5 Å². The van der Waals surface area contributed by atoms with Crippen molar-refractivity contribution < 1.29 is 37.0 Å². The third kappa shape index (κ3) is 6.72. The van der Waals surface area contributed by atoms with E-state index in [1.807, 2.05) is 24.3 Å². The van der Waals surface area contributed by atoms with Crippen molar-refractivity contribution in [3.63, 3.8) is 0 Å². The van der Waals surface area contributed by atoms with Crippen LogP contribution in [-0.2, 0) is 22.6 Å². The average molecular weight is 681 g/mol. The first kappa shape index (κ1) is 33.6. The molecule has 1 fully saturated rings. The van der Waals surface area contributed by atoms with Crippen LogP contribution in [0.2, 0.25) is 0 Å². The first-order chi connectivity index (χ1) is 23.8. The predicted molar refractivity (Wildman–Crippen MR) is 175 cm³/mol. The van der Waals surface area contributed by atoms with Gasteiger partial charge in [0.25, 0.3) is 11.5 Å². The molecule has 0 aliphatic carbocycles. The van der Waals surface area contributed by atoms with Gasteiger partial charge in [-0.05, 0) is 54.7 Å². The molecule has 1 saturated heterocycles. The van der Waals surface area contributed by atoms with Crippen LogP contribution in [0.15, 0.2) is 64.2 Å². The number of methoxy groups -OCH3 is 1. The molecule has 2 aliphatic heterocycles. The molecule has 0 radical (unpaired) electrons. The molecule has 3 aromatic carbocycles. The Bertz CT molecular complexity index is 1990. The molecule has 0 spiro atoms. The Morgan fingerprint density at radius 1 is 0.980 bits per heavy atom. The number of anilines is 1. The Morgan fingerprint density at radius 2 is 1.73 bits per heavy atom. The lowest BCUT2D eigenvalue weighted by atomic mass is 10.0. The van der Waals surface area contributed by atoms with Gasteiger partial charge in [0.1, 0.15) is 13.3 Å². The standard InChI is InChI=1S/C35H35F3N4O7/c1-47-32-14-22(6-7-30(32)48-20-33(44)40-13-8-23-4-2-3-5-28(23)40)19-41-34(45)26-15-31(49-25(17-36)18-37)27(38)16-29(26)42(35(41)46)24-9-11-39(21-43)12-10-24/h2-7,14-16,21,24-25H,8-13,17-20H2,1H3. The summed E-state index contributed by atoms with van der Waals surface area (Å²) in [5.41, 5.74) is 0.966. The number of halogens is 3. The zero-order valence-electron chi connectivity index (χ0n) is 26.8. The van der Waals surface area contributed by atoms with E-state index in [9.17, 15) is 28.0 Å². The molecular weight excluding hydrogens is 645 g/mol. The number of hydrogen-bond donors (Lipinski definition) is 0. The Kier molecular flexibility index (Phi) is 9.92. The van der Waals surface area contributed by atoms with E-state index in [0.29, 0.717) is 38.0 Å². The maximum Gasteiger partial charge on any atom is 0.332 e. The maximum absolute atomic E-state index is 15.2. The molecule has 6 rings (SSSR count). The summed E-state index contributed by atoms with van der Waals surface area (Å²) in [6.45, 7) is -1.63. The molecule has 14 heteroatoms. The van der Waals surface area contributed by atoms with E-state index < -0.39 is 48.3 Å². The second kappa shape index (κ2) is 14.5. The van der Waals surface area contributed by atoms with Gasteiger partial charge in [-0.25, -0.2) is 18.0 Å². The zero-order chi connectivity index (χ0) is 34.7. The molecule has 4 aromatic rings. The second-order valence-corrected chi connectivity index (χ2v) is 12.0. The molecule has 49 heavy (non-hydrogen) atoms. The van der Waals surface area contributed by atoms with Gasteiger partial charge in [0.15, 0.2) is 35.8 Å². The van der Waals surface area contributed by atoms with Crippen molar-refractivity contribution in [3.05, 3.63) is 92.4 Å². The highest BCUT2D eigenvalue weighted by molar-refractivity contribution is 5.96. The van der Waals surface area contributed by atoms with Crippen LogP contribution in [-0.4, -0.2) is 79.2 Å². The summed E-state index contributed by atoms with van der Waals surface area (Å²) in [6, 6.07) is 14.0. The summed E-state index contributed by atoms with van der Waals surface area (Å²) in [7, 11) is 1.42. The highest BCUT2D eigenvalue weighted by atomic mass is 19.1. The Hall–Kier alpha value is -5.27. The van der Waals surface area contributed by atoms with Gasteiger partial charge in [-0.2, -0.15) is 0 Å². The van der Waals surface area contributed by atoms with Gasteiger partial charge in [0.2, 0.25) is 6.41 Å². The topological polar surface area (TPSA) is 112 Å². The summed E-state index contributed by atoms with van der Waals surface area (Å²) >= 11 is 0. The summed E-state index contributed by atoms with van der Waals surface area (Å²) in [5, 5.41) is -0.0841. The predicted octanol–water partition coefficient (Wildman–Crippen LogP) is 3.81. The van der Waals surface area contributed by atoms with E-state index in [4.69, 9.17) is 14.2 Å². The van der Waals surface area contributed by atoms with Crippen LogP contribution in [0.5, 0.6) is 17.2 Å². The van der Waals surface area contributed by atoms with Crippen molar-refractivity contribution in [2.24, 2.45) is 0 Å². The second-order valence-electron chi connectivity index (χ2n) is 12.0. The zero-order valence-corrected chi connectivity index (χ0v) is 26.8. The normalized spacial score (nSPS) is 14.7. The minimum Gasteiger partial charge on any atom is -0.493 e. The third-order valence-electron chi connectivity index (χ3n) is 8.98. The lowest BCUT2D eigenvalue weighted by Crippen LogP contribution is -2.44. The minimum absolute atomic E-state index is 0.00400. The van der Waals surface area contributed by atoms with Gasteiger partial charge in [-0.3, -0.25) is 23.5 Å². The number of alkyl halides is 2. The number of benzene rings is 3. The Labute approximate surface area is 279 Å². The van der Waals surface area contributed by atoms with Crippen LogP contribution in [0.1, 0.15) is 30.0 Å². The lowest BCUT2D eigenvalue weighted by molar-refractivity contribution is -0.120. The largest absolute Gasteiger partial charge is 0.493 e. The number of aromatic nitrogens is 2. The third-order valence-corrected chi connectivity index (χ3v) is 8.98. The molecule has 258 valence electrons. The fraction of sp³-hybridized carbons (Fsp3) is 0.371. The summed E-state index contributed by atoms with van der Waals surface area (Å²) in [4.78, 5) is 55.4. The van der Waals surface area contributed by atoms with Crippen LogP contribution in [0, 0.1) is 5.82 Å². The molecular formula is C35H35F3N4O7. The van der Waals surface area contributed by atoms with Gasteiger partial charge in [0.05, 0.1) is 24.6 Å². The number of amides is 2. The number of hydrogen-bond acceptors (Lipinski definition) is 7. The van der Waals surface area contributed by atoms with Crippen LogP contribution in [0.25, 0.3) is 10.9 Å². The van der Waals surface area contributed by atoms with E-state index in [1.54, 1.807) is 28.0 Å². The minimum atomic E-state index is -1.57. The quantitative estimate of drug-likeness (QED) is 0.209. The molecule has 0 N–H and O–H groups in total. The van der Waals surface area contributed by atoms with Gasteiger partial charge in [0, 0.05) is 37.4 Å². The van der Waals surface area contributed by atoms with Gasteiger partial charge >= 0.3 is 5.69 Å². The van der Waals surface area contributed by atoms with Gasteiger partial charge < -0.3 is 24.0 Å². The summed E-state index contributed by atoms with van der Waals surface area (Å²) in [5.74, 6) is -1.17. The fourth-order valence-corrected chi connectivity index (χ4v) is 6.42. The molecule has 2 aliphatic rings. The number of carbonyl (C=O) groups excluding carboxylic acids is 2. The van der Waals surface area contributed by atoms with Crippen molar-refractivity contribution in [1.29, 1.82) is 0 Å². The first-order valence-electron chi connectivity index (χ1n) is 15.9. The highest BCUT2D eigenvalue weighted by Crippen LogP contribution is 2.31. The van der Waals surface area contributed by atoms with E-state index in [1.165, 1.54) is 11.7 Å². The Balaban J connectivity index is 1.32. The summed E-state index contributed by atoms with van der Waals surface area (Å²) < 4.78 is 60.5. The van der Waals surface area contributed by atoms with Crippen molar-refractivity contribution >= 4 is 28.9 Å². The molecule has 0 saturated carbocycles. The number of para-hydroxylation sites is 1. The number of ether oxygens (including phenoxy) is 3. The van der Waals surface area contributed by atoms with Crippen molar-refractivity contribution in [3.8, 4) is 17.2 Å². The number of fused-ring (bicyclic) bond motifs is 2. The number of nitrogens with zero attached hydrogens (tertiary/aromatic N) is 4. The van der Waals surface area contributed by atoms with Crippen LogP contribution < -0.4 is 30.4 Å². The molecule has 1 aromatic heterocycles. The van der Waals surface area contributed by atoms with Crippen LogP contribution in [0.3, 0.4) is 0 Å². The average Bonchev–Trinajstić information content (AvgIpc) is 3.56. The molecule has 0 unspecified atom stereocenters. The smallest absolute Gasteiger partial charge is 0.332 e. The van der Waals surface area contributed by atoms with Gasteiger partial charge in [-0.15, -0.1) is 0 Å². The molecule has 2 amide bonds. The number of carbonyl (C=O) groups is 2. The molecule has 0 bridgehead atoms. The van der Waals surface area contributed by atoms with Crippen molar-refractivity contribution in [1.82, 2.24) is 14.0 Å². The number of piperidine rings is 1. The SMILES string of the molecule is COc1cc(Cn2c(=O)c3cc(OC(CF)CF)c(F)cc3n(C3CCN(C=O)CC3)c2=O)ccc1OCC(=O)N1CCc2ccccc21.